The lowest BCUT2D eigenvalue weighted by molar-refractivity contribution is -0.117. The van der Waals surface area contributed by atoms with Crippen LogP contribution in [0.1, 0.15) is 11.1 Å². The van der Waals surface area contributed by atoms with E-state index in [0.717, 1.165) is 27.4 Å². The lowest BCUT2D eigenvalue weighted by Gasteiger charge is -2.14. The molecule has 1 aromatic carbocycles. The number of rotatable bonds is 2. The molecular weight excluding hydrogens is 300 g/mol. The molecule has 2 N–H and O–H groups in total. The maximum atomic E-state index is 12.0. The van der Waals surface area contributed by atoms with Gasteiger partial charge in [-0.1, -0.05) is 6.07 Å². The average Bonchev–Trinajstić information content (AvgIpc) is 2.76. The van der Waals surface area contributed by atoms with Crippen LogP contribution in [0.3, 0.4) is 0 Å². The quantitative estimate of drug-likeness (QED) is 0.882. The maximum absolute atomic E-state index is 12.0. The number of halogens is 1. The van der Waals surface area contributed by atoms with Gasteiger partial charge in [0.15, 0.2) is 0 Å². The van der Waals surface area contributed by atoms with Gasteiger partial charge in [-0.15, -0.1) is 11.8 Å². The van der Waals surface area contributed by atoms with E-state index in [2.05, 4.69) is 32.6 Å². The Labute approximate surface area is 114 Å². The number of benzene rings is 1. The summed E-state index contributed by atoms with van der Waals surface area (Å²) < 4.78 is 0.939. The molecule has 0 saturated carbocycles. The zero-order valence-electron chi connectivity index (χ0n) is 9.84. The molecule has 0 radical (unpaired) electrons. The minimum Gasteiger partial charge on any atom is -0.323 e. The molecule has 17 heavy (non-hydrogen) atoms. The number of hydrogen-bond acceptors (Lipinski definition) is 3. The van der Waals surface area contributed by atoms with Crippen LogP contribution in [0.25, 0.3) is 0 Å². The molecule has 1 saturated heterocycles. The van der Waals surface area contributed by atoms with Gasteiger partial charge in [-0.05, 0) is 47.0 Å². The average molecular weight is 315 g/mol. The summed E-state index contributed by atoms with van der Waals surface area (Å²) in [5, 5.41) is 6.15. The van der Waals surface area contributed by atoms with Crippen molar-refractivity contribution in [3.05, 3.63) is 27.7 Å². The molecule has 1 unspecified atom stereocenters. The van der Waals surface area contributed by atoms with Crippen LogP contribution >= 0.6 is 27.7 Å². The fourth-order valence-corrected chi connectivity index (χ4v) is 3.56. The van der Waals surface area contributed by atoms with Gasteiger partial charge in [0.25, 0.3) is 0 Å². The summed E-state index contributed by atoms with van der Waals surface area (Å²) in [6.07, 6.45) is 0. The number of carbonyl (C=O) groups excluding carboxylic acids is 1. The van der Waals surface area contributed by atoms with Gasteiger partial charge in [0.1, 0.15) is 0 Å². The van der Waals surface area contributed by atoms with Crippen molar-refractivity contribution >= 4 is 39.3 Å². The van der Waals surface area contributed by atoms with E-state index in [1.807, 2.05) is 19.9 Å². The first-order chi connectivity index (χ1) is 8.08. The highest BCUT2D eigenvalue weighted by Gasteiger charge is 2.23. The second-order valence-electron chi connectivity index (χ2n) is 4.20. The van der Waals surface area contributed by atoms with Gasteiger partial charge in [0.05, 0.1) is 11.7 Å². The second kappa shape index (κ2) is 5.42. The van der Waals surface area contributed by atoms with Crippen LogP contribution < -0.4 is 10.6 Å². The van der Waals surface area contributed by atoms with Gasteiger partial charge in [-0.3, -0.25) is 10.1 Å². The molecule has 0 spiro atoms. The van der Waals surface area contributed by atoms with Crippen LogP contribution in [0.2, 0.25) is 0 Å². The molecule has 1 aliphatic rings. The van der Waals surface area contributed by atoms with Crippen LogP contribution in [-0.2, 0) is 4.79 Å². The third-order valence-electron chi connectivity index (χ3n) is 2.71. The summed E-state index contributed by atoms with van der Waals surface area (Å²) in [7, 11) is 0. The monoisotopic (exact) mass is 314 g/mol. The van der Waals surface area contributed by atoms with E-state index >= 15 is 0 Å². The van der Waals surface area contributed by atoms with Crippen LogP contribution in [0.5, 0.6) is 0 Å². The van der Waals surface area contributed by atoms with Crippen molar-refractivity contribution < 1.29 is 4.79 Å². The van der Waals surface area contributed by atoms with Gasteiger partial charge < -0.3 is 5.32 Å². The van der Waals surface area contributed by atoms with Gasteiger partial charge in [-0.2, -0.15) is 0 Å². The van der Waals surface area contributed by atoms with E-state index in [9.17, 15) is 4.79 Å². The molecule has 1 fully saturated rings. The minimum absolute atomic E-state index is 0.0441. The zero-order valence-corrected chi connectivity index (χ0v) is 12.2. The number of anilines is 1. The molecule has 1 aliphatic heterocycles. The highest BCUT2D eigenvalue weighted by Crippen LogP contribution is 2.28. The summed E-state index contributed by atoms with van der Waals surface area (Å²) in [5.74, 6) is 1.74. The molecule has 0 bridgehead atoms. The molecule has 92 valence electrons. The van der Waals surface area contributed by atoms with E-state index in [-0.39, 0.29) is 11.9 Å². The molecule has 5 heteroatoms. The fraction of sp³-hybridized carbons (Fsp3) is 0.417. The van der Waals surface area contributed by atoms with Crippen molar-refractivity contribution in [3.8, 4) is 0 Å². The van der Waals surface area contributed by atoms with E-state index < -0.39 is 0 Å². The molecule has 2 rings (SSSR count). The van der Waals surface area contributed by atoms with Gasteiger partial charge in [0, 0.05) is 16.1 Å². The van der Waals surface area contributed by atoms with Crippen molar-refractivity contribution in [2.45, 2.75) is 19.9 Å². The number of nitrogens with one attached hydrogen (secondary N) is 2. The fourth-order valence-electron chi connectivity index (χ4n) is 1.85. The van der Waals surface area contributed by atoms with Crippen molar-refractivity contribution in [2.24, 2.45) is 0 Å². The number of aryl methyl sites for hydroxylation is 2. The standard InChI is InChI=1S/C12H15BrN2OS/c1-7-3-8(2)11(9(13)4-7)15-12(16)10-5-17-6-14-10/h3-4,10,14H,5-6H2,1-2H3,(H,15,16). The van der Waals surface area contributed by atoms with Crippen LogP contribution in [0.15, 0.2) is 16.6 Å². The first-order valence-corrected chi connectivity index (χ1v) is 7.41. The lowest BCUT2D eigenvalue weighted by Crippen LogP contribution is -2.37. The van der Waals surface area contributed by atoms with Gasteiger partial charge >= 0.3 is 0 Å². The van der Waals surface area contributed by atoms with Crippen LogP contribution in [0.4, 0.5) is 5.69 Å². The molecule has 1 heterocycles. The Kier molecular flexibility index (Phi) is 4.12. The van der Waals surface area contributed by atoms with Crippen molar-refractivity contribution in [1.29, 1.82) is 0 Å². The Morgan fingerprint density at radius 2 is 2.29 bits per heavy atom. The summed E-state index contributed by atoms with van der Waals surface area (Å²) in [5.41, 5.74) is 3.14. The van der Waals surface area contributed by atoms with Crippen molar-refractivity contribution in [1.82, 2.24) is 5.32 Å². The van der Waals surface area contributed by atoms with Gasteiger partial charge in [-0.25, -0.2) is 0 Å². The third kappa shape index (κ3) is 3.03. The number of carbonyl (C=O) groups is 1. The summed E-state index contributed by atoms with van der Waals surface area (Å²) >= 11 is 5.24. The third-order valence-corrected chi connectivity index (χ3v) is 4.28. The Morgan fingerprint density at radius 3 is 2.88 bits per heavy atom. The molecule has 0 aromatic heterocycles. The maximum Gasteiger partial charge on any atom is 0.242 e. The van der Waals surface area contributed by atoms with E-state index in [1.54, 1.807) is 11.8 Å². The second-order valence-corrected chi connectivity index (χ2v) is 6.08. The number of thioether (sulfide) groups is 1. The topological polar surface area (TPSA) is 41.1 Å². The Bertz CT molecular complexity index is 421. The summed E-state index contributed by atoms with van der Waals surface area (Å²) in [6, 6.07) is 4.00. The summed E-state index contributed by atoms with van der Waals surface area (Å²) in [4.78, 5) is 12.0. The van der Waals surface area contributed by atoms with E-state index in [4.69, 9.17) is 0 Å². The van der Waals surface area contributed by atoms with Crippen molar-refractivity contribution in [2.75, 3.05) is 16.9 Å². The molecule has 1 atom stereocenters. The first-order valence-electron chi connectivity index (χ1n) is 5.46. The molecule has 3 nitrogen and oxygen atoms in total. The predicted octanol–water partition coefficient (Wildman–Crippen LogP) is 2.67. The van der Waals surface area contributed by atoms with Crippen molar-refractivity contribution in [3.63, 3.8) is 0 Å². The molecule has 1 aromatic rings. The normalized spacial score (nSPS) is 19.4. The SMILES string of the molecule is Cc1cc(C)c(NC(=O)C2CSCN2)c(Br)c1. The Balaban J connectivity index is 2.15. The van der Waals surface area contributed by atoms with E-state index in [0.29, 0.717) is 0 Å². The van der Waals surface area contributed by atoms with Crippen LogP contribution in [-0.4, -0.2) is 23.6 Å². The molecular formula is C12H15BrN2OS. The smallest absolute Gasteiger partial charge is 0.242 e. The lowest BCUT2D eigenvalue weighted by atomic mass is 10.1. The predicted molar refractivity (Wildman–Crippen MR) is 76.5 cm³/mol. The van der Waals surface area contributed by atoms with E-state index in [1.165, 1.54) is 5.56 Å². The van der Waals surface area contributed by atoms with Gasteiger partial charge in [0.2, 0.25) is 5.91 Å². The highest BCUT2D eigenvalue weighted by molar-refractivity contribution is 9.10. The minimum atomic E-state index is -0.0763. The number of hydrogen-bond donors (Lipinski definition) is 2. The molecule has 0 aliphatic carbocycles. The first kappa shape index (κ1) is 12.9. The largest absolute Gasteiger partial charge is 0.323 e. The summed E-state index contributed by atoms with van der Waals surface area (Å²) in [6.45, 7) is 4.04. The number of amides is 1. The Hall–Kier alpha value is -0.520. The highest BCUT2D eigenvalue weighted by atomic mass is 79.9. The molecule has 1 amide bonds. The van der Waals surface area contributed by atoms with Crippen LogP contribution in [0, 0.1) is 13.8 Å². The zero-order chi connectivity index (χ0) is 12.4. The Morgan fingerprint density at radius 1 is 1.53 bits per heavy atom.